The Bertz CT molecular complexity index is 1100. The molecule has 0 fully saturated rings. The normalized spacial score (nSPS) is 12.3. The van der Waals surface area contributed by atoms with E-state index in [0.717, 1.165) is 25.0 Å². The number of alkyl halides is 1. The third-order valence-corrected chi connectivity index (χ3v) is 4.74. The Hall–Kier alpha value is -2.67. The summed E-state index contributed by atoms with van der Waals surface area (Å²) in [5.41, 5.74) is 4.42. The van der Waals surface area contributed by atoms with Gasteiger partial charge in [0, 0.05) is 29.6 Å². The highest BCUT2D eigenvalue weighted by atomic mass is 35.5. The Morgan fingerprint density at radius 3 is 2.55 bits per heavy atom. The lowest BCUT2D eigenvalue weighted by molar-refractivity contribution is 0.545. The molecule has 1 atom stereocenters. The molecule has 0 radical (unpaired) electrons. The summed E-state index contributed by atoms with van der Waals surface area (Å²) in [7, 11) is 0. The summed E-state index contributed by atoms with van der Waals surface area (Å²) in [6, 6.07) is 5.57. The van der Waals surface area contributed by atoms with Crippen LogP contribution in [0, 0.1) is 17.5 Å². The number of anilines is 2. The van der Waals surface area contributed by atoms with E-state index in [1.807, 2.05) is 6.92 Å². The molecule has 154 valence electrons. The molecule has 0 amide bonds. The molecule has 1 aromatic heterocycles. The van der Waals surface area contributed by atoms with Gasteiger partial charge in [0.1, 0.15) is 17.4 Å². The maximum atomic E-state index is 14.4. The number of nitrogens with two attached hydrogens (primary N) is 1. The summed E-state index contributed by atoms with van der Waals surface area (Å²) < 4.78 is 48.0. The quantitative estimate of drug-likeness (QED) is 0.291. The zero-order valence-corrected chi connectivity index (χ0v) is 16.5. The topological polar surface area (TPSA) is 68.3 Å². The minimum Gasteiger partial charge on any atom is -0.453 e. The van der Waals surface area contributed by atoms with E-state index in [1.165, 1.54) is 12.1 Å². The van der Waals surface area contributed by atoms with Gasteiger partial charge in [-0.2, -0.15) is 0 Å². The van der Waals surface area contributed by atoms with Crippen molar-refractivity contribution in [1.82, 2.24) is 0 Å². The number of halogens is 4. The second kappa shape index (κ2) is 8.78. The first-order valence-electron chi connectivity index (χ1n) is 9.17. The minimum atomic E-state index is -1.02. The van der Waals surface area contributed by atoms with Crippen LogP contribution in [0.4, 0.5) is 24.5 Å². The molecule has 3 N–H and O–H groups in total. The van der Waals surface area contributed by atoms with Gasteiger partial charge < -0.3 is 15.5 Å². The van der Waals surface area contributed by atoms with Crippen molar-refractivity contribution in [3.8, 4) is 11.3 Å². The number of nitrogens with one attached hydrogen (secondary N) is 1. The smallest absolute Gasteiger partial charge is 0.195 e. The maximum Gasteiger partial charge on any atom is 0.195 e. The van der Waals surface area contributed by atoms with Gasteiger partial charge in [0.05, 0.1) is 16.8 Å². The highest BCUT2D eigenvalue weighted by molar-refractivity contribution is 6.20. The zero-order chi connectivity index (χ0) is 21.1. The first-order valence-corrected chi connectivity index (χ1v) is 9.60. The largest absolute Gasteiger partial charge is 0.453 e. The second-order valence-corrected chi connectivity index (χ2v) is 7.58. The molecule has 1 heterocycles. The molecule has 2 aromatic carbocycles. The van der Waals surface area contributed by atoms with Crippen molar-refractivity contribution in [3.63, 3.8) is 0 Å². The average Bonchev–Trinajstić information content (AvgIpc) is 2.65. The summed E-state index contributed by atoms with van der Waals surface area (Å²) in [6.45, 7) is 2.27. The van der Waals surface area contributed by atoms with Crippen molar-refractivity contribution >= 4 is 33.9 Å². The molecule has 0 aliphatic carbocycles. The van der Waals surface area contributed by atoms with Crippen LogP contribution in [0.1, 0.15) is 26.2 Å². The maximum absolute atomic E-state index is 14.4. The van der Waals surface area contributed by atoms with Gasteiger partial charge in [0.25, 0.3) is 0 Å². The molecule has 8 heteroatoms. The van der Waals surface area contributed by atoms with Crippen LogP contribution < -0.4 is 16.5 Å². The van der Waals surface area contributed by atoms with Crippen LogP contribution in [0.15, 0.2) is 39.5 Å². The lowest BCUT2D eigenvalue weighted by Crippen LogP contribution is -2.11. The van der Waals surface area contributed by atoms with Gasteiger partial charge in [-0.3, -0.25) is 4.79 Å². The number of benzene rings is 2. The molecule has 0 aliphatic rings. The standard InChI is InChI=1S/C21H20ClF3N2O2/c1-11(22)4-2-3-7-27-20-14(24)9-15(25)21-19(20)17(28)10-18(29-21)12-5-6-16(26)13(23)8-12/h5-6,8-11,27H,2-4,7,26H2,1H3. The number of rotatable bonds is 7. The average molecular weight is 425 g/mol. The van der Waals surface area contributed by atoms with Crippen LogP contribution in [0.25, 0.3) is 22.3 Å². The van der Waals surface area contributed by atoms with E-state index in [9.17, 15) is 18.0 Å². The molecule has 0 bridgehead atoms. The van der Waals surface area contributed by atoms with Gasteiger partial charge in [-0.25, -0.2) is 13.2 Å². The first-order chi connectivity index (χ1) is 13.8. The lowest BCUT2D eigenvalue weighted by Gasteiger charge is -2.12. The molecule has 4 nitrogen and oxygen atoms in total. The molecule has 0 saturated carbocycles. The molecule has 3 aromatic rings. The van der Waals surface area contributed by atoms with E-state index in [2.05, 4.69) is 5.32 Å². The SMILES string of the molecule is CC(Cl)CCCCNc1c(F)cc(F)c2oc(-c3ccc(N)c(F)c3)cc(=O)c12. The highest BCUT2D eigenvalue weighted by Crippen LogP contribution is 2.31. The predicted molar refractivity (Wildman–Crippen MR) is 110 cm³/mol. The van der Waals surface area contributed by atoms with Gasteiger partial charge in [-0.1, -0.05) is 6.42 Å². The number of hydrogen-bond donors (Lipinski definition) is 2. The van der Waals surface area contributed by atoms with Crippen LogP contribution in [0.5, 0.6) is 0 Å². The molecule has 29 heavy (non-hydrogen) atoms. The van der Waals surface area contributed by atoms with Crippen LogP contribution in [-0.2, 0) is 0 Å². The van der Waals surface area contributed by atoms with Gasteiger partial charge in [-0.05, 0) is 38.0 Å². The molecule has 3 rings (SSSR count). The van der Waals surface area contributed by atoms with E-state index >= 15 is 0 Å². The molecular weight excluding hydrogens is 405 g/mol. The minimum absolute atomic E-state index is 0.0435. The first kappa shape index (κ1) is 21.0. The van der Waals surface area contributed by atoms with Crippen molar-refractivity contribution in [1.29, 1.82) is 0 Å². The van der Waals surface area contributed by atoms with E-state index in [0.29, 0.717) is 19.0 Å². The Morgan fingerprint density at radius 2 is 1.86 bits per heavy atom. The Labute approximate surface area is 170 Å². The number of unbranched alkanes of at least 4 members (excludes halogenated alkanes) is 1. The van der Waals surface area contributed by atoms with E-state index in [4.69, 9.17) is 21.8 Å². The Balaban J connectivity index is 1.99. The summed E-state index contributed by atoms with van der Waals surface area (Å²) in [6.07, 6.45) is 2.32. The third kappa shape index (κ3) is 4.67. The van der Waals surface area contributed by atoms with Crippen molar-refractivity contribution in [2.75, 3.05) is 17.6 Å². The fourth-order valence-electron chi connectivity index (χ4n) is 3.03. The van der Waals surface area contributed by atoms with Crippen molar-refractivity contribution in [3.05, 3.63) is 58.0 Å². The molecule has 1 unspecified atom stereocenters. The monoisotopic (exact) mass is 424 g/mol. The van der Waals surface area contributed by atoms with E-state index < -0.39 is 28.5 Å². The fraction of sp³-hybridized carbons (Fsp3) is 0.286. The summed E-state index contributed by atoms with van der Waals surface area (Å²) in [5, 5.41) is 2.67. The molecular formula is C21H20ClF3N2O2. The van der Waals surface area contributed by atoms with Crippen molar-refractivity contribution in [2.45, 2.75) is 31.6 Å². The van der Waals surface area contributed by atoms with Crippen LogP contribution in [0.2, 0.25) is 0 Å². The van der Waals surface area contributed by atoms with Gasteiger partial charge in [-0.15, -0.1) is 11.6 Å². The highest BCUT2D eigenvalue weighted by Gasteiger charge is 2.19. The van der Waals surface area contributed by atoms with Gasteiger partial charge in [0.2, 0.25) is 0 Å². The Morgan fingerprint density at radius 1 is 1.10 bits per heavy atom. The van der Waals surface area contributed by atoms with E-state index in [1.54, 1.807) is 0 Å². The third-order valence-electron chi connectivity index (χ3n) is 4.52. The number of hydrogen-bond acceptors (Lipinski definition) is 4. The van der Waals surface area contributed by atoms with E-state index in [-0.39, 0.29) is 33.5 Å². The number of fused-ring (bicyclic) bond motifs is 1. The predicted octanol–water partition coefficient (Wildman–Crippen LogP) is 5.67. The van der Waals surface area contributed by atoms with Crippen molar-refractivity contribution < 1.29 is 17.6 Å². The zero-order valence-electron chi connectivity index (χ0n) is 15.7. The second-order valence-electron chi connectivity index (χ2n) is 6.83. The number of nitrogen functional groups attached to an aromatic ring is 1. The lowest BCUT2D eigenvalue weighted by atomic mass is 10.1. The summed E-state index contributed by atoms with van der Waals surface area (Å²) in [5.74, 6) is -2.65. The molecule has 0 saturated heterocycles. The summed E-state index contributed by atoms with van der Waals surface area (Å²) >= 11 is 5.89. The Kier molecular flexibility index (Phi) is 6.37. The van der Waals surface area contributed by atoms with Crippen LogP contribution in [-0.4, -0.2) is 11.9 Å². The van der Waals surface area contributed by atoms with Crippen LogP contribution in [0.3, 0.4) is 0 Å². The molecule has 0 spiro atoms. The van der Waals surface area contributed by atoms with Crippen LogP contribution >= 0.6 is 11.6 Å². The molecule has 0 aliphatic heterocycles. The summed E-state index contributed by atoms with van der Waals surface area (Å²) in [4.78, 5) is 12.7. The van der Waals surface area contributed by atoms with Gasteiger partial charge >= 0.3 is 0 Å². The van der Waals surface area contributed by atoms with Gasteiger partial charge in [0.15, 0.2) is 16.8 Å². The van der Waals surface area contributed by atoms with Crippen molar-refractivity contribution in [2.24, 2.45) is 0 Å². The fourth-order valence-corrected chi connectivity index (χ4v) is 3.18.